The Hall–Kier alpha value is -3.24. The van der Waals surface area contributed by atoms with Crippen LogP contribution in [0.5, 0.6) is 0 Å². The summed E-state index contributed by atoms with van der Waals surface area (Å²) in [6, 6.07) is 16.5. The fourth-order valence-electron chi connectivity index (χ4n) is 3.18. The lowest BCUT2D eigenvalue weighted by molar-refractivity contribution is -0.115. The zero-order valence-corrected chi connectivity index (χ0v) is 19.3. The number of carbonyl (C=O) groups excluding carboxylic acids is 1. The number of carbonyl (C=O) groups is 1. The number of rotatable bonds is 6. The van der Waals surface area contributed by atoms with Gasteiger partial charge in [0.15, 0.2) is 0 Å². The fraction of sp³-hybridized carbons (Fsp3) is 0.0455. The molecule has 0 aliphatic heterocycles. The summed E-state index contributed by atoms with van der Waals surface area (Å²) in [6.07, 6.45) is 3.17. The Kier molecular flexibility index (Phi) is 6.48. The molecule has 0 fully saturated rings. The van der Waals surface area contributed by atoms with Gasteiger partial charge in [-0.2, -0.15) is 5.10 Å². The van der Waals surface area contributed by atoms with Crippen LogP contribution < -0.4 is 10.5 Å². The zero-order valence-electron chi connectivity index (χ0n) is 16.9. The number of amides is 1. The quantitative estimate of drug-likeness (QED) is 0.385. The molecule has 0 aliphatic rings. The Labute approximate surface area is 200 Å². The van der Waals surface area contributed by atoms with Gasteiger partial charge < -0.3 is 5.32 Å². The number of pyridine rings is 1. The molecule has 4 rings (SSSR count). The second kappa shape index (κ2) is 9.32. The van der Waals surface area contributed by atoms with Crippen LogP contribution in [0.25, 0.3) is 16.9 Å². The summed E-state index contributed by atoms with van der Waals surface area (Å²) in [4.78, 5) is 16.5. The summed E-state index contributed by atoms with van der Waals surface area (Å²) in [5.41, 5.74) is 2.35. The van der Waals surface area contributed by atoms with Crippen molar-refractivity contribution in [2.75, 3.05) is 5.32 Å². The highest BCUT2D eigenvalue weighted by molar-refractivity contribution is 7.89. The Morgan fingerprint density at radius 3 is 2.58 bits per heavy atom. The van der Waals surface area contributed by atoms with Crippen LogP contribution in [-0.4, -0.2) is 29.1 Å². The Morgan fingerprint density at radius 2 is 1.85 bits per heavy atom. The average Bonchev–Trinajstić information content (AvgIpc) is 3.25. The van der Waals surface area contributed by atoms with Crippen molar-refractivity contribution < 1.29 is 13.2 Å². The maximum absolute atomic E-state index is 12.5. The first-order valence-corrected chi connectivity index (χ1v) is 11.9. The highest BCUT2D eigenvalue weighted by Gasteiger charge is 2.19. The van der Waals surface area contributed by atoms with Gasteiger partial charge in [-0.1, -0.05) is 47.5 Å². The molecule has 0 aliphatic carbocycles. The van der Waals surface area contributed by atoms with Crippen LogP contribution in [-0.2, 0) is 21.2 Å². The molecule has 0 atom stereocenters. The van der Waals surface area contributed by atoms with E-state index >= 15 is 0 Å². The molecule has 0 saturated carbocycles. The predicted octanol–water partition coefficient (Wildman–Crippen LogP) is 4.07. The van der Waals surface area contributed by atoms with Crippen LogP contribution in [0.3, 0.4) is 0 Å². The van der Waals surface area contributed by atoms with Crippen LogP contribution in [0.1, 0.15) is 5.56 Å². The molecule has 4 aromatic rings. The Balaban J connectivity index is 1.63. The lowest BCUT2D eigenvalue weighted by Crippen LogP contribution is -2.18. The van der Waals surface area contributed by atoms with Crippen molar-refractivity contribution >= 4 is 44.8 Å². The lowest BCUT2D eigenvalue weighted by atomic mass is 10.1. The summed E-state index contributed by atoms with van der Waals surface area (Å²) in [5.74, 6) is -0.357. The van der Waals surface area contributed by atoms with Gasteiger partial charge in [0, 0.05) is 22.5 Å². The number of hydrogen-bond acceptors (Lipinski definition) is 5. The highest BCUT2D eigenvalue weighted by Crippen LogP contribution is 2.26. The fourth-order valence-corrected chi connectivity index (χ4v) is 4.30. The van der Waals surface area contributed by atoms with Crippen LogP contribution in [0.4, 0.5) is 5.69 Å². The molecule has 2 heterocycles. The van der Waals surface area contributed by atoms with Crippen LogP contribution in [0.15, 0.2) is 78.0 Å². The van der Waals surface area contributed by atoms with Crippen molar-refractivity contribution in [3.05, 3.63) is 88.8 Å². The number of benzene rings is 2. The molecule has 8 nitrogen and oxygen atoms in total. The van der Waals surface area contributed by atoms with Crippen LogP contribution in [0.2, 0.25) is 10.2 Å². The minimum atomic E-state index is -4.14. The average molecular weight is 502 g/mol. The van der Waals surface area contributed by atoms with Gasteiger partial charge >= 0.3 is 0 Å². The largest absolute Gasteiger partial charge is 0.326 e. The van der Waals surface area contributed by atoms with Gasteiger partial charge in [-0.3, -0.25) is 4.79 Å². The topological polar surface area (TPSA) is 120 Å². The first-order chi connectivity index (χ1) is 15.7. The van der Waals surface area contributed by atoms with E-state index in [1.165, 1.54) is 23.0 Å². The van der Waals surface area contributed by atoms with E-state index in [9.17, 15) is 13.2 Å². The minimum Gasteiger partial charge on any atom is -0.326 e. The molecule has 3 N–H and O–H groups in total. The third-order valence-corrected chi connectivity index (χ3v) is 6.22. The number of sulfonamides is 1. The maximum Gasteiger partial charge on any atom is 0.240 e. The summed E-state index contributed by atoms with van der Waals surface area (Å²) >= 11 is 12.0. The smallest absolute Gasteiger partial charge is 0.240 e. The van der Waals surface area contributed by atoms with Crippen molar-refractivity contribution in [2.24, 2.45) is 5.14 Å². The first-order valence-electron chi connectivity index (χ1n) is 9.59. The van der Waals surface area contributed by atoms with E-state index in [1.807, 2.05) is 0 Å². The SMILES string of the molecule is NS(=O)(=O)c1cc(NC(=O)Cc2ccccc2Cl)ccc1-n1cc(-c2cccc(Cl)n2)cn1. The van der Waals surface area contributed by atoms with Crippen molar-refractivity contribution in [1.82, 2.24) is 14.8 Å². The molecule has 0 unspecified atom stereocenters. The molecule has 1 amide bonds. The molecule has 2 aromatic heterocycles. The summed E-state index contributed by atoms with van der Waals surface area (Å²) < 4.78 is 26.0. The van der Waals surface area contributed by atoms with Crippen molar-refractivity contribution in [3.8, 4) is 16.9 Å². The summed E-state index contributed by atoms with van der Waals surface area (Å²) in [7, 11) is -4.14. The van der Waals surface area contributed by atoms with E-state index in [4.69, 9.17) is 28.3 Å². The number of primary sulfonamides is 1. The lowest BCUT2D eigenvalue weighted by Gasteiger charge is -2.12. The Morgan fingerprint density at radius 1 is 1.06 bits per heavy atom. The highest BCUT2D eigenvalue weighted by atomic mass is 35.5. The zero-order chi connectivity index (χ0) is 23.6. The van der Waals surface area contributed by atoms with E-state index in [1.54, 1.807) is 54.7 Å². The standard InChI is InChI=1S/C22H17Cl2N5O3S/c23-17-5-2-1-4-14(17)10-22(30)27-16-8-9-19(20(11-16)33(25,31)32)29-13-15(12-26-29)18-6-3-7-21(24)28-18/h1-9,11-13H,10H2,(H,27,30)(H2,25,31,32). The van der Waals surface area contributed by atoms with E-state index in [0.29, 0.717) is 27.0 Å². The van der Waals surface area contributed by atoms with Gasteiger partial charge in [0.25, 0.3) is 0 Å². The molecule has 0 saturated heterocycles. The summed E-state index contributed by atoms with van der Waals surface area (Å²) in [5, 5.41) is 13.1. The molecule has 0 bridgehead atoms. The molecular formula is C22H17Cl2N5O3S. The number of nitrogens with two attached hydrogens (primary N) is 1. The number of hydrogen-bond donors (Lipinski definition) is 2. The van der Waals surface area contributed by atoms with Gasteiger partial charge in [0.05, 0.1) is 24.0 Å². The maximum atomic E-state index is 12.5. The normalized spacial score (nSPS) is 11.4. The first kappa shape index (κ1) is 22.9. The van der Waals surface area contributed by atoms with E-state index in [2.05, 4.69) is 15.4 Å². The van der Waals surface area contributed by atoms with E-state index in [-0.39, 0.29) is 28.6 Å². The van der Waals surface area contributed by atoms with Crippen LogP contribution in [0, 0.1) is 0 Å². The molecule has 33 heavy (non-hydrogen) atoms. The van der Waals surface area contributed by atoms with Gasteiger partial charge in [0.1, 0.15) is 10.0 Å². The molecule has 2 aromatic carbocycles. The van der Waals surface area contributed by atoms with Gasteiger partial charge in [-0.15, -0.1) is 0 Å². The van der Waals surface area contributed by atoms with Crippen molar-refractivity contribution in [3.63, 3.8) is 0 Å². The second-order valence-corrected chi connectivity index (χ2v) is 9.39. The molecule has 11 heteroatoms. The molecular weight excluding hydrogens is 485 g/mol. The van der Waals surface area contributed by atoms with E-state index < -0.39 is 10.0 Å². The third kappa shape index (κ3) is 5.40. The number of halogens is 2. The predicted molar refractivity (Wildman–Crippen MR) is 127 cm³/mol. The van der Waals surface area contributed by atoms with Gasteiger partial charge in [0.2, 0.25) is 15.9 Å². The van der Waals surface area contributed by atoms with Crippen molar-refractivity contribution in [2.45, 2.75) is 11.3 Å². The minimum absolute atomic E-state index is 0.0291. The van der Waals surface area contributed by atoms with Crippen LogP contribution >= 0.6 is 23.2 Å². The van der Waals surface area contributed by atoms with Crippen molar-refractivity contribution in [1.29, 1.82) is 0 Å². The van der Waals surface area contributed by atoms with E-state index in [0.717, 1.165) is 0 Å². The molecule has 0 radical (unpaired) electrons. The summed E-state index contributed by atoms with van der Waals surface area (Å²) in [6.45, 7) is 0. The number of anilines is 1. The number of nitrogens with one attached hydrogen (secondary N) is 1. The molecule has 168 valence electrons. The number of aromatic nitrogens is 3. The number of nitrogens with zero attached hydrogens (tertiary/aromatic N) is 3. The molecule has 0 spiro atoms. The monoisotopic (exact) mass is 501 g/mol. The van der Waals surface area contributed by atoms with Gasteiger partial charge in [-0.25, -0.2) is 23.2 Å². The third-order valence-electron chi connectivity index (χ3n) is 4.70. The van der Waals surface area contributed by atoms with Gasteiger partial charge in [-0.05, 0) is 42.0 Å². The second-order valence-electron chi connectivity index (χ2n) is 7.06. The Bertz CT molecular complexity index is 1450.